The molecule has 1 aliphatic rings. The zero-order valence-corrected chi connectivity index (χ0v) is 19.9. The van der Waals surface area contributed by atoms with Crippen molar-refractivity contribution in [3.8, 4) is 16.9 Å². The Hall–Kier alpha value is -4.73. The lowest BCUT2D eigenvalue weighted by Gasteiger charge is -2.29. The van der Waals surface area contributed by atoms with Crippen LogP contribution in [-0.2, 0) is 10.3 Å². The molecule has 0 fully saturated rings. The summed E-state index contributed by atoms with van der Waals surface area (Å²) in [5, 5.41) is 7.12. The summed E-state index contributed by atoms with van der Waals surface area (Å²) in [6, 6.07) is 27.0. The average molecular weight is 523 g/mol. The highest BCUT2D eigenvalue weighted by atomic mass is 19.4. The van der Waals surface area contributed by atoms with E-state index in [0.717, 1.165) is 33.6 Å². The number of rotatable bonds is 4. The standard InChI is InChI=1S/C26H20FN3O.C2HF3O2/c1-31-20-13-11-18(12-14-20)26(23-10-3-2-8-22(23)25(28)30-26)19-7-4-6-17(16-19)21-9-5-15-29-24(21)27;3-2(4,5)1(6)7/h2-16H,1H3,(H2,28,30);(H,6,7). The van der Waals surface area contributed by atoms with Gasteiger partial charge < -0.3 is 15.6 Å². The van der Waals surface area contributed by atoms with Gasteiger partial charge in [0.1, 0.15) is 17.1 Å². The van der Waals surface area contributed by atoms with E-state index in [9.17, 15) is 17.6 Å². The van der Waals surface area contributed by atoms with Crippen LogP contribution in [0.5, 0.6) is 5.75 Å². The van der Waals surface area contributed by atoms with Crippen LogP contribution < -0.4 is 10.5 Å². The second kappa shape index (κ2) is 10.3. The third-order valence-corrected chi connectivity index (χ3v) is 5.98. The van der Waals surface area contributed by atoms with Gasteiger partial charge in [0, 0.05) is 17.3 Å². The lowest BCUT2D eigenvalue weighted by Crippen LogP contribution is -2.25. The molecule has 0 radical (unpaired) electrons. The Bertz CT molecular complexity index is 1500. The smallest absolute Gasteiger partial charge is 0.490 e. The van der Waals surface area contributed by atoms with Crippen LogP contribution in [0.2, 0.25) is 0 Å². The van der Waals surface area contributed by atoms with Crippen LogP contribution >= 0.6 is 0 Å². The molecule has 0 aliphatic carbocycles. The van der Waals surface area contributed by atoms with Gasteiger partial charge in [-0.15, -0.1) is 0 Å². The van der Waals surface area contributed by atoms with E-state index in [0.29, 0.717) is 11.4 Å². The first-order valence-electron chi connectivity index (χ1n) is 11.2. The van der Waals surface area contributed by atoms with Crippen molar-refractivity contribution in [3.63, 3.8) is 0 Å². The molecule has 38 heavy (non-hydrogen) atoms. The molecular formula is C28H21F4N3O3. The molecule has 0 bridgehead atoms. The number of benzene rings is 3. The van der Waals surface area contributed by atoms with Crippen molar-refractivity contribution < 1.29 is 32.2 Å². The van der Waals surface area contributed by atoms with Gasteiger partial charge in [-0.3, -0.25) is 0 Å². The van der Waals surface area contributed by atoms with Crippen LogP contribution in [0.15, 0.2) is 96.1 Å². The number of carbonyl (C=O) groups is 1. The van der Waals surface area contributed by atoms with Crippen molar-refractivity contribution in [2.75, 3.05) is 7.11 Å². The monoisotopic (exact) mass is 523 g/mol. The number of ether oxygens (including phenoxy) is 1. The Morgan fingerprint density at radius 1 is 0.921 bits per heavy atom. The van der Waals surface area contributed by atoms with Crippen molar-refractivity contribution in [2.24, 2.45) is 10.7 Å². The second-order valence-corrected chi connectivity index (χ2v) is 8.21. The third kappa shape index (κ3) is 4.93. The predicted molar refractivity (Wildman–Crippen MR) is 133 cm³/mol. The highest BCUT2D eigenvalue weighted by molar-refractivity contribution is 6.03. The molecule has 0 spiro atoms. The van der Waals surface area contributed by atoms with E-state index in [1.54, 1.807) is 19.2 Å². The summed E-state index contributed by atoms with van der Waals surface area (Å²) in [4.78, 5) is 17.7. The molecule has 3 aromatic carbocycles. The number of aromatic nitrogens is 1. The highest BCUT2D eigenvalue weighted by Crippen LogP contribution is 2.46. The number of carboxylic acid groups (broad SMARTS) is 1. The largest absolute Gasteiger partial charge is 0.497 e. The molecule has 2 heterocycles. The van der Waals surface area contributed by atoms with Gasteiger partial charge in [0.05, 0.1) is 7.11 Å². The average Bonchev–Trinajstić information content (AvgIpc) is 3.22. The van der Waals surface area contributed by atoms with E-state index in [-0.39, 0.29) is 0 Å². The number of carboxylic acids is 1. The number of pyridine rings is 1. The topological polar surface area (TPSA) is 97.8 Å². The summed E-state index contributed by atoms with van der Waals surface area (Å²) >= 11 is 0. The van der Waals surface area contributed by atoms with E-state index in [1.165, 1.54) is 6.20 Å². The molecule has 3 N–H and O–H groups in total. The number of aliphatic carboxylic acids is 1. The van der Waals surface area contributed by atoms with Crippen LogP contribution in [0, 0.1) is 5.95 Å². The molecule has 1 atom stereocenters. The summed E-state index contributed by atoms with van der Waals surface area (Å²) in [7, 11) is 1.64. The summed E-state index contributed by atoms with van der Waals surface area (Å²) < 4.78 is 51.5. The zero-order valence-electron chi connectivity index (χ0n) is 19.9. The molecule has 194 valence electrons. The Morgan fingerprint density at radius 3 is 2.21 bits per heavy atom. The van der Waals surface area contributed by atoms with Crippen molar-refractivity contribution in [2.45, 2.75) is 11.7 Å². The molecule has 6 nitrogen and oxygen atoms in total. The number of alkyl halides is 3. The molecular weight excluding hydrogens is 502 g/mol. The maximum atomic E-state index is 14.4. The SMILES string of the molecule is COc1ccc(C2(c3cccc(-c4cccnc4F)c3)N=C(N)c3ccccc32)cc1.O=C(O)C(F)(F)F. The first-order valence-corrected chi connectivity index (χ1v) is 11.2. The lowest BCUT2D eigenvalue weighted by molar-refractivity contribution is -0.192. The van der Waals surface area contributed by atoms with Gasteiger partial charge in [-0.05, 0) is 52.6 Å². The van der Waals surface area contributed by atoms with Gasteiger partial charge in [0.25, 0.3) is 0 Å². The Labute approximate surface area is 215 Å². The first kappa shape index (κ1) is 26.3. The van der Waals surface area contributed by atoms with Gasteiger partial charge >= 0.3 is 12.1 Å². The molecule has 0 saturated carbocycles. The first-order chi connectivity index (χ1) is 18.1. The van der Waals surface area contributed by atoms with Crippen molar-refractivity contribution >= 4 is 11.8 Å². The molecule has 0 amide bonds. The minimum atomic E-state index is -5.08. The summed E-state index contributed by atoms with van der Waals surface area (Å²) in [6.07, 6.45) is -3.64. The molecule has 0 saturated heterocycles. The number of nitrogens with zero attached hydrogens (tertiary/aromatic N) is 2. The molecule has 10 heteroatoms. The molecule has 1 aliphatic heterocycles. The lowest BCUT2D eigenvalue weighted by atomic mass is 9.77. The predicted octanol–water partition coefficient (Wildman–Crippen LogP) is 5.54. The number of methoxy groups -OCH3 is 1. The van der Waals surface area contributed by atoms with Gasteiger partial charge in [0.2, 0.25) is 5.95 Å². The summed E-state index contributed by atoms with van der Waals surface area (Å²) in [5.74, 6) is -2.03. The molecule has 4 aromatic rings. The normalized spacial score (nSPS) is 16.1. The minimum Gasteiger partial charge on any atom is -0.497 e. The number of amidine groups is 1. The zero-order chi connectivity index (χ0) is 27.5. The summed E-state index contributed by atoms with van der Waals surface area (Å²) in [6.45, 7) is 0. The van der Waals surface area contributed by atoms with E-state index < -0.39 is 23.6 Å². The second-order valence-electron chi connectivity index (χ2n) is 8.21. The fourth-order valence-corrected chi connectivity index (χ4v) is 4.28. The quantitative estimate of drug-likeness (QED) is 0.270. The number of fused-ring (bicyclic) bond motifs is 1. The van der Waals surface area contributed by atoms with E-state index in [1.807, 2.05) is 72.8 Å². The van der Waals surface area contributed by atoms with E-state index in [2.05, 4.69) is 4.98 Å². The molecule has 5 rings (SSSR count). The fraction of sp³-hybridized carbons (Fsp3) is 0.107. The maximum Gasteiger partial charge on any atom is 0.490 e. The van der Waals surface area contributed by atoms with Gasteiger partial charge in [-0.25, -0.2) is 14.8 Å². The van der Waals surface area contributed by atoms with Gasteiger partial charge in [0.15, 0.2) is 0 Å². The van der Waals surface area contributed by atoms with Crippen LogP contribution in [0.3, 0.4) is 0 Å². The van der Waals surface area contributed by atoms with Crippen LogP contribution in [0.4, 0.5) is 17.6 Å². The van der Waals surface area contributed by atoms with Crippen LogP contribution in [-0.4, -0.2) is 35.2 Å². The number of hydrogen-bond donors (Lipinski definition) is 2. The van der Waals surface area contributed by atoms with E-state index in [4.69, 9.17) is 25.4 Å². The van der Waals surface area contributed by atoms with Crippen LogP contribution in [0.25, 0.3) is 11.1 Å². The van der Waals surface area contributed by atoms with Crippen molar-refractivity contribution in [3.05, 3.63) is 119 Å². The maximum absolute atomic E-state index is 14.4. The summed E-state index contributed by atoms with van der Waals surface area (Å²) in [5.41, 5.74) is 10.4. The third-order valence-electron chi connectivity index (χ3n) is 5.98. The fourth-order valence-electron chi connectivity index (χ4n) is 4.28. The number of nitrogens with two attached hydrogens (primary N) is 1. The number of halogens is 4. The Morgan fingerprint density at radius 2 is 1.58 bits per heavy atom. The Kier molecular flexibility index (Phi) is 7.16. The van der Waals surface area contributed by atoms with E-state index >= 15 is 0 Å². The Balaban J connectivity index is 0.000000426. The highest BCUT2D eigenvalue weighted by Gasteiger charge is 2.43. The molecule has 1 aromatic heterocycles. The molecule has 1 unspecified atom stereocenters. The number of hydrogen-bond acceptors (Lipinski definition) is 5. The number of aliphatic imine (C=N–C) groups is 1. The van der Waals surface area contributed by atoms with Gasteiger partial charge in [-0.1, -0.05) is 54.6 Å². The van der Waals surface area contributed by atoms with Crippen molar-refractivity contribution in [1.29, 1.82) is 0 Å². The van der Waals surface area contributed by atoms with Crippen LogP contribution in [0.1, 0.15) is 22.3 Å². The minimum absolute atomic E-state index is 0.442. The van der Waals surface area contributed by atoms with Crippen molar-refractivity contribution in [1.82, 2.24) is 4.98 Å². The van der Waals surface area contributed by atoms with Gasteiger partial charge in [-0.2, -0.15) is 17.6 Å².